The molecule has 2 aromatic heterocycles. The minimum Gasteiger partial charge on any atom is -0.465 e. The molecule has 4 aromatic rings. The van der Waals surface area contributed by atoms with E-state index in [4.69, 9.17) is 4.74 Å². The number of piperidine rings is 1. The van der Waals surface area contributed by atoms with Crippen LogP contribution in [0.3, 0.4) is 0 Å². The highest BCUT2D eigenvalue weighted by molar-refractivity contribution is 5.88. The Balaban J connectivity index is 1.05. The Morgan fingerprint density at radius 1 is 0.878 bits per heavy atom. The number of carbonyl (C=O) groups is 2. The highest BCUT2D eigenvalue weighted by Gasteiger charge is 2.21. The summed E-state index contributed by atoms with van der Waals surface area (Å²) in [6, 6.07) is 22.1. The second-order valence-corrected chi connectivity index (χ2v) is 10.1. The summed E-state index contributed by atoms with van der Waals surface area (Å²) in [6.07, 6.45) is 7.18. The molecule has 210 valence electrons. The Labute approximate surface area is 240 Å². The van der Waals surface area contributed by atoms with Crippen molar-refractivity contribution in [2.75, 3.05) is 37.0 Å². The smallest absolute Gasteiger partial charge is 0.341 e. The fraction of sp³-hybridized carbons (Fsp3) is 0.281. The average molecular weight is 551 g/mol. The van der Waals surface area contributed by atoms with Crippen LogP contribution in [0.15, 0.2) is 85.3 Å². The number of aromatic nitrogens is 3. The first-order valence-electron chi connectivity index (χ1n) is 13.8. The maximum atomic E-state index is 12.3. The van der Waals surface area contributed by atoms with Crippen molar-refractivity contribution in [1.29, 1.82) is 0 Å². The average Bonchev–Trinajstić information content (AvgIpc) is 3.04. The van der Waals surface area contributed by atoms with E-state index in [2.05, 4.69) is 54.8 Å². The van der Waals surface area contributed by atoms with Gasteiger partial charge in [0.2, 0.25) is 11.9 Å². The number of carbonyl (C=O) groups excluding carboxylic acids is 2. The van der Waals surface area contributed by atoms with Crippen LogP contribution in [0.25, 0.3) is 11.1 Å². The fourth-order valence-electron chi connectivity index (χ4n) is 4.81. The van der Waals surface area contributed by atoms with Crippen molar-refractivity contribution in [3.8, 4) is 11.1 Å². The lowest BCUT2D eigenvalue weighted by Crippen LogP contribution is -2.36. The molecule has 1 fully saturated rings. The summed E-state index contributed by atoms with van der Waals surface area (Å²) in [6.45, 7) is 3.17. The van der Waals surface area contributed by atoms with Crippen LogP contribution in [-0.4, -0.2) is 53.6 Å². The van der Waals surface area contributed by atoms with Crippen LogP contribution < -0.4 is 15.5 Å². The molecular weight excluding hydrogens is 516 g/mol. The van der Waals surface area contributed by atoms with E-state index < -0.39 is 5.97 Å². The maximum Gasteiger partial charge on any atom is 0.341 e. The topological polar surface area (TPSA) is 109 Å². The Morgan fingerprint density at radius 3 is 2.24 bits per heavy atom. The first kappa shape index (κ1) is 27.8. The Kier molecular flexibility index (Phi) is 9.15. The largest absolute Gasteiger partial charge is 0.465 e. The SMILES string of the molecule is COC(=O)c1cnc(N2CCC(CNc3ccc(-c4ccc(CC(=O)NCc5ccccc5)nc4)cc3)CC2)nc1. The molecule has 5 rings (SSSR count). The molecule has 9 heteroatoms. The summed E-state index contributed by atoms with van der Waals surface area (Å²) in [5.41, 5.74) is 5.34. The van der Waals surface area contributed by atoms with Crippen molar-refractivity contribution in [1.82, 2.24) is 20.3 Å². The molecule has 1 aliphatic heterocycles. The van der Waals surface area contributed by atoms with Crippen molar-refractivity contribution >= 4 is 23.5 Å². The van der Waals surface area contributed by atoms with Gasteiger partial charge in [0.1, 0.15) is 0 Å². The molecular formula is C32H34N6O3. The zero-order chi connectivity index (χ0) is 28.4. The number of nitrogens with zero attached hydrogens (tertiary/aromatic N) is 4. The molecule has 0 bridgehead atoms. The van der Waals surface area contributed by atoms with Crippen LogP contribution in [0.1, 0.15) is 34.5 Å². The normalized spacial score (nSPS) is 13.4. The quantitative estimate of drug-likeness (QED) is 0.278. The molecule has 9 nitrogen and oxygen atoms in total. The number of hydrogen-bond acceptors (Lipinski definition) is 8. The molecule has 0 spiro atoms. The van der Waals surface area contributed by atoms with Crippen LogP contribution in [0.2, 0.25) is 0 Å². The lowest BCUT2D eigenvalue weighted by molar-refractivity contribution is -0.120. The number of ether oxygens (including phenoxy) is 1. The molecule has 0 radical (unpaired) electrons. The summed E-state index contributed by atoms with van der Waals surface area (Å²) in [4.78, 5) is 39.2. The molecule has 0 aliphatic carbocycles. The van der Waals surface area contributed by atoms with Crippen molar-refractivity contribution in [3.05, 3.63) is 102 Å². The predicted molar refractivity (Wildman–Crippen MR) is 158 cm³/mol. The van der Waals surface area contributed by atoms with Gasteiger partial charge in [0.25, 0.3) is 0 Å². The summed E-state index contributed by atoms with van der Waals surface area (Å²) in [7, 11) is 1.35. The molecule has 2 aromatic carbocycles. The number of hydrogen-bond donors (Lipinski definition) is 2. The van der Waals surface area contributed by atoms with E-state index >= 15 is 0 Å². The second kappa shape index (κ2) is 13.5. The predicted octanol–water partition coefficient (Wildman–Crippen LogP) is 4.51. The number of amides is 1. The highest BCUT2D eigenvalue weighted by Crippen LogP contribution is 2.24. The third-order valence-corrected chi connectivity index (χ3v) is 7.27. The van der Waals surface area contributed by atoms with Crippen LogP contribution >= 0.6 is 0 Å². The number of esters is 1. The van der Waals surface area contributed by atoms with Crippen molar-refractivity contribution in [2.24, 2.45) is 5.92 Å². The molecule has 0 unspecified atom stereocenters. The molecule has 0 atom stereocenters. The number of pyridine rings is 1. The van der Waals surface area contributed by atoms with Gasteiger partial charge in [-0.3, -0.25) is 9.78 Å². The third kappa shape index (κ3) is 7.66. The van der Waals surface area contributed by atoms with E-state index in [1.54, 1.807) is 0 Å². The standard InChI is InChI=1S/C32H34N6O3/c1-41-31(40)27-21-36-32(37-22-27)38-15-13-24(14-16-38)18-33-28-10-7-25(8-11-28)26-9-12-29(34-20-26)17-30(39)35-19-23-5-3-2-4-6-23/h2-12,20-22,24,33H,13-19H2,1H3,(H,35,39). The molecule has 0 saturated carbocycles. The van der Waals surface area contributed by atoms with Crippen LogP contribution in [-0.2, 0) is 22.5 Å². The number of benzene rings is 2. The minimum absolute atomic E-state index is 0.0437. The van der Waals surface area contributed by atoms with Gasteiger partial charge in [-0.05, 0) is 48.1 Å². The van der Waals surface area contributed by atoms with Crippen LogP contribution in [0.4, 0.5) is 11.6 Å². The van der Waals surface area contributed by atoms with E-state index in [9.17, 15) is 9.59 Å². The Hall–Kier alpha value is -4.79. The molecule has 3 heterocycles. The summed E-state index contributed by atoms with van der Waals surface area (Å²) >= 11 is 0. The molecule has 1 aliphatic rings. The van der Waals surface area contributed by atoms with Gasteiger partial charge in [0.05, 0.1) is 19.1 Å². The minimum atomic E-state index is -0.430. The Morgan fingerprint density at radius 2 is 1.59 bits per heavy atom. The number of rotatable bonds is 10. The van der Waals surface area contributed by atoms with Crippen LogP contribution in [0, 0.1) is 5.92 Å². The fourth-order valence-corrected chi connectivity index (χ4v) is 4.81. The van der Waals surface area contributed by atoms with Crippen molar-refractivity contribution < 1.29 is 14.3 Å². The van der Waals surface area contributed by atoms with Gasteiger partial charge in [-0.15, -0.1) is 0 Å². The zero-order valence-electron chi connectivity index (χ0n) is 23.1. The number of methoxy groups -OCH3 is 1. The van der Waals surface area contributed by atoms with Crippen LogP contribution in [0.5, 0.6) is 0 Å². The van der Waals surface area contributed by atoms with Gasteiger partial charge < -0.3 is 20.3 Å². The zero-order valence-corrected chi connectivity index (χ0v) is 23.1. The van der Waals surface area contributed by atoms with Gasteiger partial charge in [-0.1, -0.05) is 48.5 Å². The second-order valence-electron chi connectivity index (χ2n) is 10.1. The summed E-state index contributed by atoms with van der Waals surface area (Å²) in [5, 5.41) is 6.51. The van der Waals surface area contributed by atoms with Gasteiger partial charge in [-0.2, -0.15) is 0 Å². The van der Waals surface area contributed by atoms with E-state index in [-0.39, 0.29) is 12.3 Å². The highest BCUT2D eigenvalue weighted by atomic mass is 16.5. The molecule has 2 N–H and O–H groups in total. The summed E-state index contributed by atoms with van der Waals surface area (Å²) in [5.74, 6) is 0.730. The Bertz CT molecular complexity index is 1420. The number of anilines is 2. The monoisotopic (exact) mass is 550 g/mol. The van der Waals surface area contributed by atoms with Crippen molar-refractivity contribution in [2.45, 2.75) is 25.8 Å². The third-order valence-electron chi connectivity index (χ3n) is 7.27. The molecule has 41 heavy (non-hydrogen) atoms. The molecule has 1 saturated heterocycles. The van der Waals surface area contributed by atoms with Gasteiger partial charge in [0, 0.05) is 61.7 Å². The van der Waals surface area contributed by atoms with E-state index in [0.29, 0.717) is 24.0 Å². The van der Waals surface area contributed by atoms with Gasteiger partial charge in [-0.25, -0.2) is 14.8 Å². The number of nitrogens with one attached hydrogen (secondary N) is 2. The first-order chi connectivity index (χ1) is 20.1. The van der Waals surface area contributed by atoms with E-state index in [0.717, 1.165) is 60.5 Å². The van der Waals surface area contributed by atoms with Gasteiger partial charge >= 0.3 is 5.97 Å². The maximum absolute atomic E-state index is 12.3. The van der Waals surface area contributed by atoms with Gasteiger partial charge in [0.15, 0.2) is 0 Å². The lowest BCUT2D eigenvalue weighted by atomic mass is 9.97. The van der Waals surface area contributed by atoms with Crippen molar-refractivity contribution in [3.63, 3.8) is 0 Å². The first-order valence-corrected chi connectivity index (χ1v) is 13.8. The van der Waals surface area contributed by atoms with E-state index in [1.165, 1.54) is 19.5 Å². The molecule has 1 amide bonds. The summed E-state index contributed by atoms with van der Waals surface area (Å²) < 4.78 is 4.71. The lowest BCUT2D eigenvalue weighted by Gasteiger charge is -2.32. The van der Waals surface area contributed by atoms with E-state index in [1.807, 2.05) is 48.7 Å².